The van der Waals surface area contributed by atoms with Gasteiger partial charge in [-0.1, -0.05) is 24.3 Å². The van der Waals surface area contributed by atoms with Gasteiger partial charge >= 0.3 is 0 Å². The number of hydrogen-bond donors (Lipinski definition) is 1. The number of rotatable bonds is 0. The minimum absolute atomic E-state index is 0.102. The highest BCUT2D eigenvalue weighted by atomic mass is 16.3. The molecule has 1 aromatic carbocycles. The second-order valence-corrected chi connectivity index (χ2v) is 4.03. The Labute approximate surface area is 72.0 Å². The third-order valence-electron chi connectivity index (χ3n) is 3.39. The maximum Gasteiger partial charge on any atom is 0.0677 e. The van der Waals surface area contributed by atoms with Gasteiger partial charge in [-0.2, -0.15) is 0 Å². The monoisotopic (exact) mass is 160 g/mol. The van der Waals surface area contributed by atoms with Crippen molar-refractivity contribution in [2.45, 2.75) is 30.8 Å². The highest BCUT2D eigenvalue weighted by Gasteiger charge is 2.54. The van der Waals surface area contributed by atoms with Gasteiger partial charge in [-0.25, -0.2) is 0 Å². The van der Waals surface area contributed by atoms with E-state index in [1.165, 1.54) is 24.0 Å². The van der Waals surface area contributed by atoms with E-state index >= 15 is 0 Å². The molecule has 1 N–H and O–H groups in total. The van der Waals surface area contributed by atoms with Crippen molar-refractivity contribution in [2.75, 3.05) is 0 Å². The lowest BCUT2D eigenvalue weighted by molar-refractivity contribution is 0.146. The predicted molar refractivity (Wildman–Crippen MR) is 47.1 cm³/mol. The van der Waals surface area contributed by atoms with Crippen LogP contribution in [-0.4, -0.2) is 11.2 Å². The average molecular weight is 160 g/mol. The van der Waals surface area contributed by atoms with Crippen LogP contribution < -0.4 is 0 Å². The maximum atomic E-state index is 9.84. The van der Waals surface area contributed by atoms with Crippen LogP contribution in [0.3, 0.4) is 0 Å². The second-order valence-electron chi connectivity index (χ2n) is 4.03. The Balaban J connectivity index is 2.19. The maximum absolute atomic E-state index is 9.84. The molecule has 2 aliphatic rings. The SMILES string of the molecule is O[C@H]1Cc2ccccc2C12CC2. The van der Waals surface area contributed by atoms with Crippen molar-refractivity contribution >= 4 is 0 Å². The van der Waals surface area contributed by atoms with Gasteiger partial charge in [-0.3, -0.25) is 0 Å². The van der Waals surface area contributed by atoms with Crippen LogP contribution in [0.15, 0.2) is 24.3 Å². The Hall–Kier alpha value is -0.820. The lowest BCUT2D eigenvalue weighted by Gasteiger charge is -2.12. The fourth-order valence-electron chi connectivity index (χ4n) is 2.50. The van der Waals surface area contributed by atoms with Crippen LogP contribution in [0.5, 0.6) is 0 Å². The Morgan fingerprint density at radius 2 is 2.00 bits per heavy atom. The molecule has 1 atom stereocenters. The Kier molecular flexibility index (Phi) is 1.06. The molecule has 2 aliphatic carbocycles. The quantitative estimate of drug-likeness (QED) is 0.611. The van der Waals surface area contributed by atoms with Crippen LogP contribution in [0.4, 0.5) is 0 Å². The molecule has 0 unspecified atom stereocenters. The van der Waals surface area contributed by atoms with Crippen LogP contribution in [0.25, 0.3) is 0 Å². The molecule has 0 amide bonds. The van der Waals surface area contributed by atoms with Gasteiger partial charge in [0, 0.05) is 5.41 Å². The van der Waals surface area contributed by atoms with Crippen molar-refractivity contribution in [1.82, 2.24) is 0 Å². The molecular formula is C11H12O. The summed E-state index contributed by atoms with van der Waals surface area (Å²) < 4.78 is 0. The highest BCUT2D eigenvalue weighted by Crippen LogP contribution is 2.56. The summed E-state index contributed by atoms with van der Waals surface area (Å²) in [5.41, 5.74) is 2.97. The van der Waals surface area contributed by atoms with Crippen molar-refractivity contribution in [2.24, 2.45) is 0 Å². The van der Waals surface area contributed by atoms with Crippen LogP contribution in [-0.2, 0) is 11.8 Å². The van der Waals surface area contributed by atoms with Crippen LogP contribution in [0, 0.1) is 0 Å². The standard InChI is InChI=1S/C11H12O/c12-10-7-8-3-1-2-4-9(8)11(10)5-6-11/h1-4,10,12H,5-7H2/t10-/m0/s1. The first-order valence-electron chi connectivity index (χ1n) is 4.59. The zero-order chi connectivity index (χ0) is 8.18. The van der Waals surface area contributed by atoms with E-state index in [9.17, 15) is 5.11 Å². The Morgan fingerprint density at radius 1 is 1.25 bits per heavy atom. The van der Waals surface area contributed by atoms with Crippen LogP contribution in [0.1, 0.15) is 24.0 Å². The molecule has 62 valence electrons. The molecule has 0 aliphatic heterocycles. The average Bonchev–Trinajstić information content (AvgIpc) is 2.80. The molecule has 12 heavy (non-hydrogen) atoms. The van der Waals surface area contributed by atoms with E-state index in [4.69, 9.17) is 0 Å². The summed E-state index contributed by atoms with van der Waals surface area (Å²) in [6.45, 7) is 0. The summed E-state index contributed by atoms with van der Waals surface area (Å²) in [7, 11) is 0. The zero-order valence-electron chi connectivity index (χ0n) is 6.96. The van der Waals surface area contributed by atoms with Gasteiger partial charge in [0.25, 0.3) is 0 Å². The van der Waals surface area contributed by atoms with Crippen molar-refractivity contribution in [3.63, 3.8) is 0 Å². The molecule has 1 saturated carbocycles. The molecule has 1 fully saturated rings. The lowest BCUT2D eigenvalue weighted by atomic mass is 9.97. The van der Waals surface area contributed by atoms with Gasteiger partial charge in [0.2, 0.25) is 0 Å². The molecule has 1 nitrogen and oxygen atoms in total. The molecule has 3 rings (SSSR count). The van der Waals surface area contributed by atoms with Crippen LogP contribution in [0.2, 0.25) is 0 Å². The summed E-state index contributed by atoms with van der Waals surface area (Å²) in [6.07, 6.45) is 3.14. The van der Waals surface area contributed by atoms with Gasteiger partial charge in [0.15, 0.2) is 0 Å². The highest BCUT2D eigenvalue weighted by molar-refractivity contribution is 5.45. The summed E-state index contributed by atoms with van der Waals surface area (Å²) in [5, 5.41) is 9.84. The predicted octanol–water partition coefficient (Wildman–Crippen LogP) is 1.64. The zero-order valence-corrected chi connectivity index (χ0v) is 6.96. The summed E-state index contributed by atoms with van der Waals surface area (Å²) >= 11 is 0. The minimum Gasteiger partial charge on any atom is -0.392 e. The lowest BCUT2D eigenvalue weighted by Crippen LogP contribution is -2.20. The minimum atomic E-state index is -0.102. The summed E-state index contributed by atoms with van der Waals surface area (Å²) in [4.78, 5) is 0. The molecular weight excluding hydrogens is 148 g/mol. The molecule has 0 radical (unpaired) electrons. The third kappa shape index (κ3) is 0.632. The second kappa shape index (κ2) is 1.91. The van der Waals surface area contributed by atoms with Gasteiger partial charge < -0.3 is 5.11 Å². The van der Waals surface area contributed by atoms with E-state index in [-0.39, 0.29) is 11.5 Å². The molecule has 0 bridgehead atoms. The largest absolute Gasteiger partial charge is 0.392 e. The Bertz CT molecular complexity index is 326. The van der Waals surface area contributed by atoms with E-state index < -0.39 is 0 Å². The molecule has 1 heteroatoms. The number of benzene rings is 1. The van der Waals surface area contributed by atoms with Gasteiger partial charge in [0.1, 0.15) is 0 Å². The first-order chi connectivity index (χ1) is 5.83. The van der Waals surface area contributed by atoms with Crippen molar-refractivity contribution in [3.05, 3.63) is 35.4 Å². The fraction of sp³-hybridized carbons (Fsp3) is 0.455. The molecule has 0 heterocycles. The molecule has 1 spiro atoms. The normalized spacial score (nSPS) is 28.9. The number of hydrogen-bond acceptors (Lipinski definition) is 1. The smallest absolute Gasteiger partial charge is 0.0677 e. The van der Waals surface area contributed by atoms with E-state index in [1.807, 2.05) is 0 Å². The number of aliphatic hydroxyl groups excluding tert-OH is 1. The van der Waals surface area contributed by atoms with Crippen LogP contribution >= 0.6 is 0 Å². The van der Waals surface area contributed by atoms with Crippen molar-refractivity contribution in [1.29, 1.82) is 0 Å². The third-order valence-corrected chi connectivity index (χ3v) is 3.39. The summed E-state index contributed by atoms with van der Waals surface area (Å²) in [6, 6.07) is 8.47. The Morgan fingerprint density at radius 3 is 2.75 bits per heavy atom. The van der Waals surface area contributed by atoms with E-state index in [0.29, 0.717) is 0 Å². The van der Waals surface area contributed by atoms with Crippen molar-refractivity contribution < 1.29 is 5.11 Å². The van der Waals surface area contributed by atoms with Gasteiger partial charge in [-0.05, 0) is 30.4 Å². The van der Waals surface area contributed by atoms with E-state index in [2.05, 4.69) is 24.3 Å². The van der Waals surface area contributed by atoms with E-state index in [0.717, 1.165) is 6.42 Å². The molecule has 1 aromatic rings. The first-order valence-corrected chi connectivity index (χ1v) is 4.59. The first kappa shape index (κ1) is 6.67. The molecule has 0 aromatic heterocycles. The number of aliphatic hydroxyl groups is 1. The molecule has 0 saturated heterocycles. The van der Waals surface area contributed by atoms with Gasteiger partial charge in [-0.15, -0.1) is 0 Å². The summed E-state index contributed by atoms with van der Waals surface area (Å²) in [5.74, 6) is 0. The number of fused-ring (bicyclic) bond motifs is 2. The van der Waals surface area contributed by atoms with Crippen molar-refractivity contribution in [3.8, 4) is 0 Å². The van der Waals surface area contributed by atoms with Gasteiger partial charge in [0.05, 0.1) is 6.10 Å². The van der Waals surface area contributed by atoms with E-state index in [1.54, 1.807) is 0 Å². The fourth-order valence-corrected chi connectivity index (χ4v) is 2.50. The topological polar surface area (TPSA) is 20.2 Å².